The Hall–Kier alpha value is -1.39. The molecule has 0 aliphatic heterocycles. The molecule has 0 aliphatic rings. The quantitative estimate of drug-likeness (QED) is 0.849. The van der Waals surface area contributed by atoms with Crippen LogP contribution in [0.1, 0.15) is 42.9 Å². The summed E-state index contributed by atoms with van der Waals surface area (Å²) in [6.45, 7) is 6.16. The number of nitrogens with zero attached hydrogens (tertiary/aromatic N) is 2. The molecule has 0 spiro atoms. The maximum absolute atomic E-state index is 9.16. The molecule has 2 rings (SSSR count). The highest BCUT2D eigenvalue weighted by Gasteiger charge is 2.15. The second kappa shape index (κ2) is 4.47. The Balaban J connectivity index is 2.64. The van der Waals surface area contributed by atoms with E-state index in [4.69, 9.17) is 10.8 Å². The average molecular weight is 233 g/mol. The van der Waals surface area contributed by atoms with Crippen LogP contribution in [0.5, 0.6) is 0 Å². The first-order valence-corrected chi connectivity index (χ1v) is 5.89. The molecule has 3 N–H and O–H groups in total. The van der Waals surface area contributed by atoms with Crippen LogP contribution in [0.4, 0.5) is 0 Å². The maximum atomic E-state index is 9.16. The second-order valence-electron chi connectivity index (χ2n) is 4.70. The average Bonchev–Trinajstić information content (AvgIpc) is 2.65. The molecule has 2 aromatic rings. The predicted molar refractivity (Wildman–Crippen MR) is 68.0 cm³/mol. The van der Waals surface area contributed by atoms with E-state index in [0.717, 1.165) is 17.0 Å². The molecule has 1 unspecified atom stereocenters. The summed E-state index contributed by atoms with van der Waals surface area (Å²) in [6.07, 6.45) is 2.01. The molecule has 92 valence electrons. The maximum Gasteiger partial charge on any atom is 0.110 e. The van der Waals surface area contributed by atoms with Crippen LogP contribution in [0.15, 0.2) is 18.3 Å². The summed E-state index contributed by atoms with van der Waals surface area (Å²) in [5, 5.41) is 9.16. The first kappa shape index (κ1) is 12.1. The highest BCUT2D eigenvalue weighted by molar-refractivity contribution is 5.56. The van der Waals surface area contributed by atoms with Gasteiger partial charge in [-0.2, -0.15) is 0 Å². The molecule has 0 amide bonds. The summed E-state index contributed by atoms with van der Waals surface area (Å²) >= 11 is 0. The van der Waals surface area contributed by atoms with Crippen LogP contribution < -0.4 is 5.73 Å². The van der Waals surface area contributed by atoms with E-state index in [0.29, 0.717) is 5.92 Å². The number of fused-ring (bicyclic) bond motifs is 1. The van der Waals surface area contributed by atoms with Crippen LogP contribution in [0.2, 0.25) is 0 Å². The first-order chi connectivity index (χ1) is 8.04. The number of hydrogen-bond acceptors (Lipinski definition) is 3. The van der Waals surface area contributed by atoms with Gasteiger partial charge in [-0.15, -0.1) is 0 Å². The summed E-state index contributed by atoms with van der Waals surface area (Å²) in [6, 6.07) is 3.79. The van der Waals surface area contributed by atoms with E-state index in [2.05, 4.69) is 31.0 Å². The lowest BCUT2D eigenvalue weighted by molar-refractivity contribution is 0.266. The van der Waals surface area contributed by atoms with Crippen molar-refractivity contribution in [1.82, 2.24) is 9.38 Å². The molecule has 0 bridgehead atoms. The molecular formula is C13H19N3O. The van der Waals surface area contributed by atoms with Crippen molar-refractivity contribution in [3.63, 3.8) is 0 Å². The third-order valence-electron chi connectivity index (χ3n) is 3.09. The zero-order valence-electron chi connectivity index (χ0n) is 10.5. The van der Waals surface area contributed by atoms with Gasteiger partial charge in [0.15, 0.2) is 0 Å². The SMILES string of the molecule is Cc1nc(C(N)CO)c2cc(C(C)C)ccn12. The first-order valence-electron chi connectivity index (χ1n) is 5.89. The molecule has 1 atom stereocenters. The van der Waals surface area contributed by atoms with Crippen molar-refractivity contribution in [3.05, 3.63) is 35.4 Å². The normalized spacial score (nSPS) is 13.5. The van der Waals surface area contributed by atoms with Gasteiger partial charge in [0.1, 0.15) is 5.82 Å². The fourth-order valence-electron chi connectivity index (χ4n) is 2.00. The number of pyridine rings is 1. The van der Waals surface area contributed by atoms with Gasteiger partial charge in [0, 0.05) is 6.20 Å². The number of rotatable bonds is 3. The molecule has 2 heterocycles. The van der Waals surface area contributed by atoms with Crippen LogP contribution in [-0.2, 0) is 0 Å². The molecule has 0 aromatic carbocycles. The summed E-state index contributed by atoms with van der Waals surface area (Å²) in [5.74, 6) is 1.36. The van der Waals surface area contributed by atoms with Crippen molar-refractivity contribution < 1.29 is 5.11 Å². The second-order valence-corrected chi connectivity index (χ2v) is 4.70. The van der Waals surface area contributed by atoms with Gasteiger partial charge < -0.3 is 15.2 Å². The van der Waals surface area contributed by atoms with Crippen LogP contribution in [0.3, 0.4) is 0 Å². The number of nitrogens with two attached hydrogens (primary N) is 1. The van der Waals surface area contributed by atoms with Crippen molar-refractivity contribution in [2.45, 2.75) is 32.7 Å². The summed E-state index contributed by atoms with van der Waals surface area (Å²) in [4.78, 5) is 4.44. The van der Waals surface area contributed by atoms with Gasteiger partial charge >= 0.3 is 0 Å². The Morgan fingerprint density at radius 3 is 2.76 bits per heavy atom. The van der Waals surface area contributed by atoms with Crippen LogP contribution in [0, 0.1) is 6.92 Å². The minimum absolute atomic E-state index is 0.0853. The number of aromatic nitrogens is 2. The lowest BCUT2D eigenvalue weighted by Crippen LogP contribution is -2.15. The molecule has 0 saturated carbocycles. The van der Waals surface area contributed by atoms with Gasteiger partial charge in [-0.05, 0) is 30.5 Å². The molecule has 4 heteroatoms. The zero-order valence-corrected chi connectivity index (χ0v) is 10.5. The van der Waals surface area contributed by atoms with Crippen molar-refractivity contribution in [3.8, 4) is 0 Å². The van der Waals surface area contributed by atoms with Crippen LogP contribution in [-0.4, -0.2) is 21.1 Å². The number of aliphatic hydroxyl groups is 1. The van der Waals surface area contributed by atoms with E-state index in [1.165, 1.54) is 5.56 Å². The molecular weight excluding hydrogens is 214 g/mol. The zero-order chi connectivity index (χ0) is 12.6. The van der Waals surface area contributed by atoms with Gasteiger partial charge in [0.2, 0.25) is 0 Å². The third-order valence-corrected chi connectivity index (χ3v) is 3.09. The standard InChI is InChI=1S/C13H19N3O/c1-8(2)10-4-5-16-9(3)15-13(11(14)7-17)12(16)6-10/h4-6,8,11,17H,7,14H2,1-3H3. The van der Waals surface area contributed by atoms with E-state index in [1.54, 1.807) is 0 Å². The van der Waals surface area contributed by atoms with E-state index >= 15 is 0 Å². The van der Waals surface area contributed by atoms with Gasteiger partial charge in [-0.1, -0.05) is 13.8 Å². The fraction of sp³-hybridized carbons (Fsp3) is 0.462. The predicted octanol–water partition coefficient (Wildman–Crippen LogP) is 1.76. The Morgan fingerprint density at radius 2 is 2.18 bits per heavy atom. The Kier molecular flexibility index (Phi) is 3.17. The highest BCUT2D eigenvalue weighted by Crippen LogP contribution is 2.22. The minimum atomic E-state index is -0.416. The summed E-state index contributed by atoms with van der Waals surface area (Å²) < 4.78 is 2.01. The van der Waals surface area contributed by atoms with Crippen molar-refractivity contribution in [2.24, 2.45) is 5.73 Å². The topological polar surface area (TPSA) is 63.5 Å². The molecule has 4 nitrogen and oxygen atoms in total. The van der Waals surface area contributed by atoms with Gasteiger partial charge in [0.05, 0.1) is 23.9 Å². The van der Waals surface area contributed by atoms with Crippen molar-refractivity contribution in [1.29, 1.82) is 0 Å². The number of imidazole rings is 1. The number of aryl methyl sites for hydroxylation is 1. The molecule has 0 fully saturated rings. The van der Waals surface area contributed by atoms with Crippen molar-refractivity contribution >= 4 is 5.52 Å². The number of hydrogen-bond donors (Lipinski definition) is 2. The van der Waals surface area contributed by atoms with E-state index < -0.39 is 6.04 Å². The fourth-order valence-corrected chi connectivity index (χ4v) is 2.00. The third kappa shape index (κ3) is 2.06. The molecule has 0 aliphatic carbocycles. The lowest BCUT2D eigenvalue weighted by Gasteiger charge is -2.09. The smallest absolute Gasteiger partial charge is 0.110 e. The highest BCUT2D eigenvalue weighted by atomic mass is 16.3. The van der Waals surface area contributed by atoms with E-state index in [1.807, 2.05) is 17.5 Å². The van der Waals surface area contributed by atoms with Crippen LogP contribution >= 0.6 is 0 Å². The van der Waals surface area contributed by atoms with Gasteiger partial charge in [-0.3, -0.25) is 0 Å². The molecule has 17 heavy (non-hydrogen) atoms. The molecule has 0 saturated heterocycles. The monoisotopic (exact) mass is 233 g/mol. The Bertz CT molecular complexity index is 531. The van der Waals surface area contributed by atoms with Crippen LogP contribution in [0.25, 0.3) is 5.52 Å². The summed E-state index contributed by atoms with van der Waals surface area (Å²) in [7, 11) is 0. The lowest BCUT2D eigenvalue weighted by atomic mass is 10.0. The van der Waals surface area contributed by atoms with E-state index in [9.17, 15) is 0 Å². The molecule has 0 radical (unpaired) electrons. The molecule has 2 aromatic heterocycles. The Labute approximate surface area is 101 Å². The van der Waals surface area contributed by atoms with Gasteiger partial charge in [0.25, 0.3) is 0 Å². The summed E-state index contributed by atoms with van der Waals surface area (Å²) in [5.41, 5.74) is 8.89. The van der Waals surface area contributed by atoms with Crippen molar-refractivity contribution in [2.75, 3.05) is 6.61 Å². The Morgan fingerprint density at radius 1 is 1.47 bits per heavy atom. The largest absolute Gasteiger partial charge is 0.394 e. The van der Waals surface area contributed by atoms with Gasteiger partial charge in [-0.25, -0.2) is 4.98 Å². The minimum Gasteiger partial charge on any atom is -0.394 e. The number of aliphatic hydroxyl groups excluding tert-OH is 1. The van der Waals surface area contributed by atoms with E-state index in [-0.39, 0.29) is 6.61 Å².